The van der Waals surface area contributed by atoms with E-state index in [0.29, 0.717) is 22.8 Å². The Morgan fingerprint density at radius 3 is 2.31 bits per heavy atom. The van der Waals surface area contributed by atoms with Gasteiger partial charge < -0.3 is 20.5 Å². The molecule has 2 aromatic carbocycles. The third-order valence-electron chi connectivity index (χ3n) is 4.19. The number of halogens is 1. The van der Waals surface area contributed by atoms with Gasteiger partial charge in [0.25, 0.3) is 5.91 Å². The van der Waals surface area contributed by atoms with Gasteiger partial charge >= 0.3 is 0 Å². The van der Waals surface area contributed by atoms with E-state index in [0.717, 1.165) is 5.56 Å². The van der Waals surface area contributed by atoms with E-state index in [4.69, 9.17) is 9.84 Å². The molecule has 2 amide bonds. The minimum Gasteiger partial charge on any atom is -0.387 e. The van der Waals surface area contributed by atoms with Crippen molar-refractivity contribution in [2.75, 3.05) is 37.8 Å². The third kappa shape index (κ3) is 6.28. The molecule has 2 rings (SSSR count). The van der Waals surface area contributed by atoms with Crippen LogP contribution in [0.25, 0.3) is 0 Å². The van der Waals surface area contributed by atoms with Gasteiger partial charge in [-0.1, -0.05) is 24.3 Å². The zero-order chi connectivity index (χ0) is 21.6. The van der Waals surface area contributed by atoms with Crippen molar-refractivity contribution in [1.82, 2.24) is 5.32 Å². The molecule has 1 atom stereocenters. The zero-order valence-electron chi connectivity index (χ0n) is 17.0. The molecule has 0 aliphatic carbocycles. The summed E-state index contributed by atoms with van der Waals surface area (Å²) in [6, 6.07) is 10.5. The fraction of sp³-hybridized carbons (Fsp3) is 0.333. The Labute approximate surface area is 171 Å². The standard InChI is InChI=1S/C21H27FN2O4S/c1-28-13-14-5-7-15(8-6-14)20(24-19(26)12-25)21(27)23-16-9-10-18(17(22)11-16)29(2,3)4/h5-11,20,25H,12-13H2,1-4H3,(H,23,27)(H,24,26)/t20-/m1/s1. The van der Waals surface area contributed by atoms with Gasteiger partial charge in [0.2, 0.25) is 5.91 Å². The Morgan fingerprint density at radius 2 is 1.79 bits per heavy atom. The first-order chi connectivity index (χ1) is 13.7. The number of rotatable bonds is 8. The number of anilines is 1. The van der Waals surface area contributed by atoms with E-state index in [1.54, 1.807) is 43.5 Å². The van der Waals surface area contributed by atoms with Crippen molar-refractivity contribution in [2.24, 2.45) is 0 Å². The smallest absolute Gasteiger partial charge is 0.251 e. The predicted octanol–water partition coefficient (Wildman–Crippen LogP) is 2.81. The second-order valence-electron chi connectivity index (χ2n) is 7.30. The van der Waals surface area contributed by atoms with E-state index in [1.807, 2.05) is 18.8 Å². The minimum absolute atomic E-state index is 0.291. The van der Waals surface area contributed by atoms with E-state index in [-0.39, 0.29) is 5.82 Å². The lowest BCUT2D eigenvalue weighted by Crippen LogP contribution is -2.38. The highest BCUT2D eigenvalue weighted by atomic mass is 32.3. The third-order valence-corrected chi connectivity index (χ3v) is 5.84. The van der Waals surface area contributed by atoms with Crippen molar-refractivity contribution in [3.63, 3.8) is 0 Å². The maximum absolute atomic E-state index is 14.5. The molecule has 158 valence electrons. The van der Waals surface area contributed by atoms with Gasteiger partial charge in [0.1, 0.15) is 18.5 Å². The van der Waals surface area contributed by atoms with Crippen molar-refractivity contribution in [3.8, 4) is 0 Å². The van der Waals surface area contributed by atoms with Crippen molar-refractivity contribution >= 4 is 27.5 Å². The molecule has 0 bridgehead atoms. The number of aliphatic hydroxyl groups is 1. The number of carbonyl (C=O) groups is 2. The molecular formula is C21H27FN2O4S. The van der Waals surface area contributed by atoms with Gasteiger partial charge in [-0.25, -0.2) is 14.4 Å². The van der Waals surface area contributed by atoms with Gasteiger partial charge in [-0.2, -0.15) is 0 Å². The Hall–Kier alpha value is -2.42. The monoisotopic (exact) mass is 422 g/mol. The first-order valence-corrected chi connectivity index (χ1v) is 11.8. The summed E-state index contributed by atoms with van der Waals surface area (Å²) in [6.45, 7) is -0.329. The van der Waals surface area contributed by atoms with Gasteiger partial charge in [-0.3, -0.25) is 9.59 Å². The van der Waals surface area contributed by atoms with E-state index >= 15 is 0 Å². The largest absolute Gasteiger partial charge is 0.387 e. The van der Waals surface area contributed by atoms with Crippen LogP contribution in [-0.2, 0) is 20.9 Å². The molecule has 0 saturated heterocycles. The van der Waals surface area contributed by atoms with Crippen LogP contribution in [0.5, 0.6) is 0 Å². The van der Waals surface area contributed by atoms with E-state index in [9.17, 15) is 14.0 Å². The topological polar surface area (TPSA) is 87.7 Å². The molecule has 0 aromatic heterocycles. The number of aliphatic hydroxyl groups excluding tert-OH is 1. The lowest BCUT2D eigenvalue weighted by Gasteiger charge is -2.26. The summed E-state index contributed by atoms with van der Waals surface area (Å²) in [4.78, 5) is 25.2. The maximum Gasteiger partial charge on any atom is 0.251 e. The average molecular weight is 423 g/mol. The lowest BCUT2D eigenvalue weighted by atomic mass is 10.0. The fourth-order valence-corrected chi connectivity index (χ4v) is 3.89. The quantitative estimate of drug-likeness (QED) is 0.611. The highest BCUT2D eigenvalue weighted by Crippen LogP contribution is 2.46. The number of ether oxygens (including phenoxy) is 1. The molecule has 6 nitrogen and oxygen atoms in total. The van der Waals surface area contributed by atoms with Crippen LogP contribution in [0, 0.1) is 5.82 Å². The molecule has 0 fully saturated rings. The Bertz CT molecular complexity index is 866. The van der Waals surface area contributed by atoms with Crippen LogP contribution in [0.3, 0.4) is 0 Å². The molecule has 0 unspecified atom stereocenters. The molecule has 0 aliphatic heterocycles. The first-order valence-electron chi connectivity index (χ1n) is 8.92. The van der Waals surface area contributed by atoms with Crippen LogP contribution in [0.2, 0.25) is 0 Å². The maximum atomic E-state index is 14.5. The molecule has 0 spiro atoms. The molecule has 0 radical (unpaired) electrons. The fourth-order valence-electron chi connectivity index (χ4n) is 2.77. The van der Waals surface area contributed by atoms with Crippen LogP contribution < -0.4 is 10.6 Å². The van der Waals surface area contributed by atoms with Crippen LogP contribution in [-0.4, -0.2) is 49.4 Å². The summed E-state index contributed by atoms with van der Waals surface area (Å²) in [5.74, 6) is -1.62. The summed E-state index contributed by atoms with van der Waals surface area (Å²) < 4.78 is 19.5. The molecule has 2 aromatic rings. The van der Waals surface area contributed by atoms with Gasteiger partial charge in [-0.05, 0) is 48.1 Å². The Balaban J connectivity index is 2.25. The van der Waals surface area contributed by atoms with Gasteiger partial charge in [0, 0.05) is 17.7 Å². The number of benzene rings is 2. The van der Waals surface area contributed by atoms with Gasteiger partial charge in [-0.15, -0.1) is 0 Å². The highest BCUT2D eigenvalue weighted by Gasteiger charge is 2.23. The number of hydrogen-bond acceptors (Lipinski definition) is 4. The molecule has 8 heteroatoms. The predicted molar refractivity (Wildman–Crippen MR) is 114 cm³/mol. The molecule has 0 saturated carbocycles. The minimum atomic E-state index is -1.25. The summed E-state index contributed by atoms with van der Waals surface area (Å²) in [5.41, 5.74) is 1.73. The second kappa shape index (κ2) is 9.87. The van der Waals surface area contributed by atoms with Gasteiger partial charge in [0.05, 0.1) is 6.61 Å². The van der Waals surface area contributed by atoms with Crippen LogP contribution in [0.1, 0.15) is 17.2 Å². The summed E-state index contributed by atoms with van der Waals surface area (Å²) in [5, 5.41) is 14.2. The van der Waals surface area contributed by atoms with Gasteiger partial charge in [0.15, 0.2) is 0 Å². The highest BCUT2D eigenvalue weighted by molar-refractivity contribution is 8.32. The summed E-state index contributed by atoms with van der Waals surface area (Å²) in [7, 11) is 0.332. The Kier molecular flexibility index (Phi) is 7.78. The second-order valence-corrected chi connectivity index (χ2v) is 11.4. The van der Waals surface area contributed by atoms with Crippen LogP contribution in [0.4, 0.5) is 10.1 Å². The molecule has 0 heterocycles. The summed E-state index contributed by atoms with van der Waals surface area (Å²) >= 11 is 0. The number of methoxy groups -OCH3 is 1. The molecule has 0 aliphatic rings. The van der Waals surface area contributed by atoms with E-state index in [2.05, 4.69) is 10.6 Å². The van der Waals surface area contributed by atoms with E-state index in [1.165, 1.54) is 6.07 Å². The van der Waals surface area contributed by atoms with Crippen molar-refractivity contribution < 1.29 is 23.8 Å². The van der Waals surface area contributed by atoms with Crippen LogP contribution in [0.15, 0.2) is 47.4 Å². The van der Waals surface area contributed by atoms with Crippen molar-refractivity contribution in [2.45, 2.75) is 17.5 Å². The molecule has 3 N–H and O–H groups in total. The van der Waals surface area contributed by atoms with E-state index < -0.39 is 34.5 Å². The summed E-state index contributed by atoms with van der Waals surface area (Å²) in [6.07, 6.45) is 5.95. The number of hydrogen-bond donors (Lipinski definition) is 3. The van der Waals surface area contributed by atoms with Crippen LogP contribution >= 0.6 is 10.0 Å². The SMILES string of the molecule is COCc1ccc([C@@H](NC(=O)CO)C(=O)Nc2ccc(S(C)(C)C)c(F)c2)cc1. The number of carbonyl (C=O) groups excluding carboxylic acids is 2. The van der Waals surface area contributed by atoms with Crippen molar-refractivity contribution in [3.05, 3.63) is 59.4 Å². The van der Waals surface area contributed by atoms with Crippen molar-refractivity contribution in [1.29, 1.82) is 0 Å². The number of amides is 2. The zero-order valence-corrected chi connectivity index (χ0v) is 17.8. The first kappa shape index (κ1) is 22.9. The Morgan fingerprint density at radius 1 is 1.14 bits per heavy atom. The lowest BCUT2D eigenvalue weighted by molar-refractivity contribution is -0.128. The average Bonchev–Trinajstić information content (AvgIpc) is 2.66. The molecular weight excluding hydrogens is 395 g/mol. The number of nitrogens with one attached hydrogen (secondary N) is 2. The molecule has 29 heavy (non-hydrogen) atoms. The normalized spacial score (nSPS) is 12.9.